The van der Waals surface area contributed by atoms with Crippen LogP contribution in [0.15, 0.2) is 23.9 Å². The van der Waals surface area contributed by atoms with E-state index in [0.717, 1.165) is 5.70 Å². The number of ketones is 1. The van der Waals surface area contributed by atoms with E-state index in [2.05, 4.69) is 6.58 Å². The molecule has 1 aliphatic rings. The topological polar surface area (TPSA) is 37.4 Å². The molecule has 0 aromatic carbocycles. The predicted molar refractivity (Wildman–Crippen MR) is 45.3 cm³/mol. The Morgan fingerprint density at radius 3 is 2.42 bits per heavy atom. The molecule has 0 radical (unpaired) electrons. The van der Waals surface area contributed by atoms with Gasteiger partial charge in [-0.3, -0.25) is 9.59 Å². The second-order valence-electron chi connectivity index (χ2n) is 2.61. The van der Waals surface area contributed by atoms with Crippen LogP contribution in [0.5, 0.6) is 0 Å². The smallest absolute Gasteiger partial charge is 0.298 e. The Hall–Kier alpha value is -1.38. The molecule has 0 saturated carbocycles. The fraction of sp³-hybridized carbons (Fsp3) is 0.333. The lowest BCUT2D eigenvalue weighted by Crippen LogP contribution is -2.24. The van der Waals surface area contributed by atoms with Crippen molar-refractivity contribution in [2.75, 3.05) is 7.05 Å². The van der Waals surface area contributed by atoms with Gasteiger partial charge in [0.15, 0.2) is 0 Å². The zero-order valence-corrected chi connectivity index (χ0v) is 7.26. The number of nitrogens with zero attached hydrogens (tertiary/aromatic N) is 1. The van der Waals surface area contributed by atoms with Gasteiger partial charge < -0.3 is 4.90 Å². The van der Waals surface area contributed by atoms with Gasteiger partial charge in [-0.1, -0.05) is 19.6 Å². The first kappa shape index (κ1) is 8.71. The quantitative estimate of drug-likeness (QED) is 0.569. The number of allylic oxidation sites excluding steroid dienone is 2. The molecule has 1 rings (SSSR count). The molecule has 3 nitrogen and oxygen atoms in total. The fourth-order valence-corrected chi connectivity index (χ4v) is 1.34. The molecule has 0 aromatic rings. The van der Waals surface area contributed by atoms with E-state index in [1.807, 2.05) is 6.92 Å². The van der Waals surface area contributed by atoms with E-state index < -0.39 is 11.7 Å². The van der Waals surface area contributed by atoms with Crippen LogP contribution >= 0.6 is 0 Å². The molecule has 0 atom stereocenters. The summed E-state index contributed by atoms with van der Waals surface area (Å²) in [5.74, 6) is -0.897. The zero-order valence-electron chi connectivity index (χ0n) is 7.26. The van der Waals surface area contributed by atoms with Crippen LogP contribution < -0.4 is 0 Å². The van der Waals surface area contributed by atoms with Crippen molar-refractivity contribution in [3.05, 3.63) is 23.9 Å². The Morgan fingerprint density at radius 1 is 1.50 bits per heavy atom. The van der Waals surface area contributed by atoms with Crippen molar-refractivity contribution in [3.8, 4) is 0 Å². The lowest BCUT2D eigenvalue weighted by Gasteiger charge is -2.10. The van der Waals surface area contributed by atoms with Gasteiger partial charge in [-0.05, 0) is 6.42 Å². The minimum atomic E-state index is -0.457. The maximum Gasteiger partial charge on any atom is 0.298 e. The lowest BCUT2D eigenvalue weighted by atomic mass is 10.1. The molecule has 1 amide bonds. The Kier molecular flexibility index (Phi) is 2.13. The Balaban J connectivity index is 3.18. The van der Waals surface area contributed by atoms with Gasteiger partial charge in [0.25, 0.3) is 11.7 Å². The molecule has 1 heterocycles. The van der Waals surface area contributed by atoms with E-state index >= 15 is 0 Å². The number of carbonyl (C=O) groups excluding carboxylic acids is 2. The summed E-state index contributed by atoms with van der Waals surface area (Å²) in [6.45, 7) is 5.41. The van der Waals surface area contributed by atoms with E-state index in [-0.39, 0.29) is 0 Å². The summed E-state index contributed by atoms with van der Waals surface area (Å²) in [4.78, 5) is 23.7. The van der Waals surface area contributed by atoms with Gasteiger partial charge in [-0.15, -0.1) is 0 Å². The molecular formula is C9H11NO2. The summed E-state index contributed by atoms with van der Waals surface area (Å²) in [6.07, 6.45) is 2.12. The van der Waals surface area contributed by atoms with E-state index in [0.29, 0.717) is 12.0 Å². The van der Waals surface area contributed by atoms with Crippen molar-refractivity contribution in [3.63, 3.8) is 0 Å². The number of carbonyl (C=O) groups is 2. The summed E-state index contributed by atoms with van der Waals surface area (Å²) < 4.78 is 0. The first-order valence-electron chi connectivity index (χ1n) is 3.81. The van der Waals surface area contributed by atoms with Crippen LogP contribution in [-0.4, -0.2) is 23.6 Å². The molecule has 0 aliphatic carbocycles. The van der Waals surface area contributed by atoms with Crippen LogP contribution in [0.3, 0.4) is 0 Å². The molecule has 0 unspecified atom stereocenters. The summed E-state index contributed by atoms with van der Waals surface area (Å²) >= 11 is 0. The van der Waals surface area contributed by atoms with Gasteiger partial charge in [-0.2, -0.15) is 0 Å². The van der Waals surface area contributed by atoms with Crippen molar-refractivity contribution in [2.24, 2.45) is 0 Å². The van der Waals surface area contributed by atoms with Crippen LogP contribution in [0.4, 0.5) is 0 Å². The molecule has 0 bridgehead atoms. The number of rotatable bonds is 2. The highest BCUT2D eigenvalue weighted by molar-refractivity contribution is 6.46. The monoisotopic (exact) mass is 165 g/mol. The Morgan fingerprint density at radius 2 is 2.08 bits per heavy atom. The molecule has 12 heavy (non-hydrogen) atoms. The number of amides is 1. The summed E-state index contributed by atoms with van der Waals surface area (Å²) in [7, 11) is 1.61. The molecule has 3 heteroatoms. The van der Waals surface area contributed by atoms with Crippen molar-refractivity contribution >= 4 is 11.7 Å². The third-order valence-electron chi connectivity index (χ3n) is 2.00. The van der Waals surface area contributed by atoms with Gasteiger partial charge >= 0.3 is 0 Å². The van der Waals surface area contributed by atoms with Crippen LogP contribution in [0.1, 0.15) is 13.3 Å². The minimum absolute atomic E-state index is 0.440. The van der Waals surface area contributed by atoms with Crippen LogP contribution in [0, 0.1) is 0 Å². The van der Waals surface area contributed by atoms with Crippen molar-refractivity contribution in [1.82, 2.24) is 4.90 Å². The number of hydrogen-bond acceptors (Lipinski definition) is 2. The van der Waals surface area contributed by atoms with Crippen molar-refractivity contribution < 1.29 is 9.59 Å². The average molecular weight is 165 g/mol. The van der Waals surface area contributed by atoms with Gasteiger partial charge in [0.05, 0.1) is 0 Å². The lowest BCUT2D eigenvalue weighted by molar-refractivity contribution is -0.138. The van der Waals surface area contributed by atoms with E-state index in [4.69, 9.17) is 0 Å². The predicted octanol–water partition coefficient (Wildman–Crippen LogP) is 0.878. The molecule has 64 valence electrons. The highest BCUT2D eigenvalue weighted by Gasteiger charge is 2.32. The van der Waals surface area contributed by atoms with Crippen molar-refractivity contribution in [2.45, 2.75) is 13.3 Å². The average Bonchev–Trinajstić information content (AvgIpc) is 2.29. The Bertz CT molecular complexity index is 289. The van der Waals surface area contributed by atoms with Gasteiger partial charge in [-0.25, -0.2) is 0 Å². The van der Waals surface area contributed by atoms with E-state index in [1.54, 1.807) is 7.05 Å². The molecule has 1 aliphatic heterocycles. The van der Waals surface area contributed by atoms with Gasteiger partial charge in [0, 0.05) is 18.3 Å². The number of Topliss-reactive ketones (excluding diaryl/α,β-unsaturated/α-hetero) is 1. The summed E-state index contributed by atoms with van der Waals surface area (Å²) in [5.41, 5.74) is 1.21. The SMILES string of the molecule is C=CC1=C(CC)N(C)C(=O)C1=O. The van der Waals surface area contributed by atoms with Crippen LogP contribution in [-0.2, 0) is 9.59 Å². The van der Waals surface area contributed by atoms with Crippen LogP contribution in [0.2, 0.25) is 0 Å². The van der Waals surface area contributed by atoms with Crippen LogP contribution in [0.25, 0.3) is 0 Å². The van der Waals surface area contributed by atoms with Gasteiger partial charge in [0.2, 0.25) is 0 Å². The zero-order chi connectivity index (χ0) is 9.30. The minimum Gasteiger partial charge on any atom is -0.312 e. The molecular weight excluding hydrogens is 154 g/mol. The molecule has 0 saturated heterocycles. The maximum absolute atomic E-state index is 11.2. The molecule has 0 fully saturated rings. The molecule has 0 spiro atoms. The maximum atomic E-state index is 11.2. The van der Waals surface area contributed by atoms with Crippen molar-refractivity contribution in [1.29, 1.82) is 0 Å². The van der Waals surface area contributed by atoms with E-state index in [1.165, 1.54) is 11.0 Å². The molecule has 0 N–H and O–H groups in total. The second kappa shape index (κ2) is 2.93. The number of likely N-dealkylation sites (N-methyl/N-ethyl adjacent to an activating group) is 1. The molecule has 0 aromatic heterocycles. The highest BCUT2D eigenvalue weighted by atomic mass is 16.2. The summed E-state index contributed by atoms with van der Waals surface area (Å²) in [5, 5.41) is 0. The normalized spacial score (nSPS) is 17.7. The third kappa shape index (κ3) is 0.978. The Labute approximate surface area is 71.4 Å². The largest absolute Gasteiger partial charge is 0.312 e. The van der Waals surface area contributed by atoms with Gasteiger partial charge in [0.1, 0.15) is 0 Å². The summed E-state index contributed by atoms with van der Waals surface area (Å²) in [6, 6.07) is 0. The first-order chi connectivity index (χ1) is 5.63. The van der Waals surface area contributed by atoms with E-state index in [9.17, 15) is 9.59 Å². The standard InChI is InChI=1S/C9H11NO2/c1-4-6-7(5-2)10(3)9(12)8(6)11/h4H,1,5H2,2-3H3. The third-order valence-corrected chi connectivity index (χ3v) is 2.00. The second-order valence-corrected chi connectivity index (χ2v) is 2.61. The number of hydrogen-bond donors (Lipinski definition) is 0. The fourth-order valence-electron chi connectivity index (χ4n) is 1.34. The highest BCUT2D eigenvalue weighted by Crippen LogP contribution is 2.22. The first-order valence-corrected chi connectivity index (χ1v) is 3.81.